The van der Waals surface area contributed by atoms with Crippen molar-refractivity contribution in [3.8, 4) is 0 Å². The molecule has 0 aliphatic carbocycles. The molecule has 6 heteroatoms. The fourth-order valence-corrected chi connectivity index (χ4v) is 3.70. The third kappa shape index (κ3) is 4.17. The number of para-hydroxylation sites is 1. The highest BCUT2D eigenvalue weighted by Gasteiger charge is 2.21. The minimum atomic E-state index is 0.365. The van der Waals surface area contributed by atoms with Crippen LogP contribution in [0.15, 0.2) is 48.8 Å². The predicted octanol–water partition coefficient (Wildman–Crippen LogP) is 3.17. The standard InChI is InChI=1S/C21H26N6/c1-26(2)20-10-12-23-21(25-20)24-17-6-5-13-27(15-17)14-16-9-11-22-19-8-4-3-7-18(16)19/h3-4,7-12,17H,5-6,13-15H2,1-2H3,(H,23,24,25). The molecule has 4 rings (SSSR count). The first kappa shape index (κ1) is 17.7. The van der Waals surface area contributed by atoms with Gasteiger partial charge in [-0.05, 0) is 43.1 Å². The number of benzene rings is 1. The Balaban J connectivity index is 1.44. The SMILES string of the molecule is CN(C)c1ccnc(NC2CCCN(Cc3ccnc4ccccc34)C2)n1. The lowest BCUT2D eigenvalue weighted by atomic mass is 10.0. The number of fused-ring (bicyclic) bond motifs is 1. The molecule has 3 heterocycles. The van der Waals surface area contributed by atoms with Gasteiger partial charge in [0.25, 0.3) is 0 Å². The first-order valence-electron chi connectivity index (χ1n) is 9.51. The molecule has 0 spiro atoms. The van der Waals surface area contributed by atoms with Crippen molar-refractivity contribution in [1.82, 2.24) is 19.9 Å². The molecular formula is C21H26N6. The number of rotatable bonds is 5. The molecule has 1 aromatic carbocycles. The number of hydrogen-bond acceptors (Lipinski definition) is 6. The van der Waals surface area contributed by atoms with Gasteiger partial charge < -0.3 is 10.2 Å². The Hall–Kier alpha value is -2.73. The van der Waals surface area contributed by atoms with Crippen LogP contribution < -0.4 is 10.2 Å². The molecular weight excluding hydrogens is 336 g/mol. The van der Waals surface area contributed by atoms with Crippen LogP contribution in [0, 0.1) is 0 Å². The van der Waals surface area contributed by atoms with Gasteiger partial charge in [0, 0.05) is 51.0 Å². The van der Waals surface area contributed by atoms with E-state index < -0.39 is 0 Å². The Morgan fingerprint density at radius 1 is 1.11 bits per heavy atom. The van der Waals surface area contributed by atoms with E-state index >= 15 is 0 Å². The lowest BCUT2D eigenvalue weighted by molar-refractivity contribution is 0.209. The molecule has 6 nitrogen and oxygen atoms in total. The molecule has 27 heavy (non-hydrogen) atoms. The van der Waals surface area contributed by atoms with E-state index in [0.717, 1.165) is 37.4 Å². The van der Waals surface area contributed by atoms with Crippen LogP contribution in [0.3, 0.4) is 0 Å². The van der Waals surface area contributed by atoms with Crippen LogP contribution in [-0.4, -0.2) is 53.1 Å². The summed E-state index contributed by atoms with van der Waals surface area (Å²) in [6.45, 7) is 3.05. The van der Waals surface area contributed by atoms with E-state index in [1.54, 1.807) is 0 Å². The van der Waals surface area contributed by atoms with Gasteiger partial charge in [0.15, 0.2) is 0 Å². The average Bonchev–Trinajstić information content (AvgIpc) is 2.69. The Kier molecular flexibility index (Phi) is 5.16. The largest absolute Gasteiger partial charge is 0.363 e. The Morgan fingerprint density at radius 2 is 1.96 bits per heavy atom. The van der Waals surface area contributed by atoms with Crippen LogP contribution in [0.25, 0.3) is 10.9 Å². The summed E-state index contributed by atoms with van der Waals surface area (Å²) >= 11 is 0. The van der Waals surface area contributed by atoms with Gasteiger partial charge in [0.1, 0.15) is 5.82 Å². The second kappa shape index (κ2) is 7.88. The molecule has 1 fully saturated rings. The predicted molar refractivity (Wildman–Crippen MR) is 110 cm³/mol. The molecule has 1 saturated heterocycles. The summed E-state index contributed by atoms with van der Waals surface area (Å²) in [6, 6.07) is 12.8. The fraction of sp³-hybridized carbons (Fsp3) is 0.381. The zero-order valence-corrected chi connectivity index (χ0v) is 16.0. The maximum Gasteiger partial charge on any atom is 0.224 e. The number of nitrogens with zero attached hydrogens (tertiary/aromatic N) is 5. The molecule has 0 saturated carbocycles. The third-order valence-corrected chi connectivity index (χ3v) is 5.07. The number of nitrogens with one attached hydrogen (secondary N) is 1. The minimum absolute atomic E-state index is 0.365. The first-order valence-corrected chi connectivity index (χ1v) is 9.51. The minimum Gasteiger partial charge on any atom is -0.363 e. The number of hydrogen-bond donors (Lipinski definition) is 1. The molecule has 1 unspecified atom stereocenters. The molecule has 1 N–H and O–H groups in total. The lowest BCUT2D eigenvalue weighted by Gasteiger charge is -2.33. The van der Waals surface area contributed by atoms with E-state index in [0.29, 0.717) is 12.0 Å². The van der Waals surface area contributed by atoms with Crippen molar-refractivity contribution in [3.63, 3.8) is 0 Å². The highest BCUT2D eigenvalue weighted by molar-refractivity contribution is 5.81. The molecule has 0 bridgehead atoms. The van der Waals surface area contributed by atoms with Crippen molar-refractivity contribution in [2.45, 2.75) is 25.4 Å². The van der Waals surface area contributed by atoms with Crippen LogP contribution in [0.2, 0.25) is 0 Å². The van der Waals surface area contributed by atoms with Crippen LogP contribution in [0.5, 0.6) is 0 Å². The molecule has 1 aliphatic rings. The monoisotopic (exact) mass is 362 g/mol. The highest BCUT2D eigenvalue weighted by Crippen LogP contribution is 2.21. The van der Waals surface area contributed by atoms with Crippen molar-refractivity contribution >= 4 is 22.7 Å². The Labute approximate surface area is 160 Å². The summed E-state index contributed by atoms with van der Waals surface area (Å²) in [4.78, 5) is 18.0. The van der Waals surface area contributed by atoms with Gasteiger partial charge in [-0.15, -0.1) is 0 Å². The maximum atomic E-state index is 4.59. The molecule has 0 radical (unpaired) electrons. The van der Waals surface area contributed by atoms with E-state index in [1.165, 1.54) is 17.4 Å². The van der Waals surface area contributed by atoms with E-state index in [4.69, 9.17) is 0 Å². The van der Waals surface area contributed by atoms with Crippen LogP contribution in [-0.2, 0) is 6.54 Å². The summed E-state index contributed by atoms with van der Waals surface area (Å²) in [5.74, 6) is 1.63. The van der Waals surface area contributed by atoms with Gasteiger partial charge in [-0.3, -0.25) is 9.88 Å². The summed E-state index contributed by atoms with van der Waals surface area (Å²) < 4.78 is 0. The van der Waals surface area contributed by atoms with Crippen LogP contribution in [0.1, 0.15) is 18.4 Å². The number of pyridine rings is 1. The quantitative estimate of drug-likeness (QED) is 0.752. The van der Waals surface area contributed by atoms with E-state index in [-0.39, 0.29) is 0 Å². The van der Waals surface area contributed by atoms with E-state index in [1.807, 2.05) is 43.5 Å². The Bertz CT molecular complexity index is 905. The summed E-state index contributed by atoms with van der Waals surface area (Å²) in [5.41, 5.74) is 2.41. The van der Waals surface area contributed by atoms with Crippen molar-refractivity contribution in [2.24, 2.45) is 0 Å². The summed E-state index contributed by atoms with van der Waals surface area (Å²) in [5, 5.41) is 4.77. The van der Waals surface area contributed by atoms with Crippen molar-refractivity contribution < 1.29 is 0 Å². The topological polar surface area (TPSA) is 57.2 Å². The van der Waals surface area contributed by atoms with Gasteiger partial charge in [-0.2, -0.15) is 4.98 Å². The second-order valence-corrected chi connectivity index (χ2v) is 7.34. The van der Waals surface area contributed by atoms with E-state index in [9.17, 15) is 0 Å². The van der Waals surface area contributed by atoms with E-state index in [2.05, 4.69) is 49.4 Å². The molecule has 1 aliphatic heterocycles. The number of aromatic nitrogens is 3. The average molecular weight is 362 g/mol. The van der Waals surface area contributed by atoms with Gasteiger partial charge >= 0.3 is 0 Å². The highest BCUT2D eigenvalue weighted by atomic mass is 15.2. The smallest absolute Gasteiger partial charge is 0.224 e. The van der Waals surface area contributed by atoms with Crippen molar-refractivity contribution in [2.75, 3.05) is 37.4 Å². The van der Waals surface area contributed by atoms with Gasteiger partial charge in [0.2, 0.25) is 5.95 Å². The molecule has 140 valence electrons. The summed E-state index contributed by atoms with van der Waals surface area (Å²) in [6.07, 6.45) is 6.05. The second-order valence-electron chi connectivity index (χ2n) is 7.34. The van der Waals surface area contributed by atoms with Gasteiger partial charge in [-0.25, -0.2) is 4.98 Å². The molecule has 2 aromatic heterocycles. The number of anilines is 2. The Morgan fingerprint density at radius 3 is 2.85 bits per heavy atom. The third-order valence-electron chi connectivity index (χ3n) is 5.07. The van der Waals surface area contributed by atoms with Crippen LogP contribution in [0.4, 0.5) is 11.8 Å². The maximum absolute atomic E-state index is 4.59. The van der Waals surface area contributed by atoms with Gasteiger partial charge in [0.05, 0.1) is 5.52 Å². The molecule has 1 atom stereocenters. The molecule has 0 amide bonds. The summed E-state index contributed by atoms with van der Waals surface area (Å²) in [7, 11) is 3.99. The van der Waals surface area contributed by atoms with Crippen molar-refractivity contribution in [3.05, 3.63) is 54.4 Å². The lowest BCUT2D eigenvalue weighted by Crippen LogP contribution is -2.42. The van der Waals surface area contributed by atoms with Crippen LogP contribution >= 0.6 is 0 Å². The van der Waals surface area contributed by atoms with Crippen molar-refractivity contribution in [1.29, 1.82) is 0 Å². The van der Waals surface area contributed by atoms with Gasteiger partial charge in [-0.1, -0.05) is 18.2 Å². The fourth-order valence-electron chi connectivity index (χ4n) is 3.70. The molecule has 3 aromatic rings. The first-order chi connectivity index (χ1) is 13.2. The zero-order valence-electron chi connectivity index (χ0n) is 16.0. The zero-order chi connectivity index (χ0) is 18.6. The number of piperidine rings is 1. The normalized spacial score (nSPS) is 17.8. The number of likely N-dealkylation sites (tertiary alicyclic amines) is 1.